The summed E-state index contributed by atoms with van der Waals surface area (Å²) in [5, 5.41) is 3.46. The van der Waals surface area contributed by atoms with E-state index in [2.05, 4.69) is 48.3 Å². The maximum atomic E-state index is 3.46. The van der Waals surface area contributed by atoms with Gasteiger partial charge in [-0.3, -0.25) is 4.90 Å². The van der Waals surface area contributed by atoms with Gasteiger partial charge in [0, 0.05) is 24.0 Å². The van der Waals surface area contributed by atoms with Crippen molar-refractivity contribution >= 4 is 11.8 Å². The smallest absolute Gasteiger partial charge is 0.0320 e. The minimum atomic E-state index is 0.533. The van der Waals surface area contributed by atoms with Crippen molar-refractivity contribution in [2.24, 2.45) is 0 Å². The molecule has 1 heterocycles. The highest BCUT2D eigenvalue weighted by Gasteiger charge is 2.16. The SMILES string of the molecule is CCSc1ccc(C(C)N2CCCNCC2)cc1. The molecule has 3 heteroatoms. The molecular weight excluding hydrogens is 240 g/mol. The Balaban J connectivity index is 2.00. The minimum Gasteiger partial charge on any atom is -0.315 e. The van der Waals surface area contributed by atoms with Gasteiger partial charge in [-0.25, -0.2) is 0 Å². The zero-order chi connectivity index (χ0) is 12.8. The molecule has 1 aliphatic rings. The summed E-state index contributed by atoms with van der Waals surface area (Å²) in [5.74, 6) is 1.15. The number of hydrogen-bond acceptors (Lipinski definition) is 3. The quantitative estimate of drug-likeness (QED) is 0.841. The molecule has 2 rings (SSSR count). The van der Waals surface area contributed by atoms with Crippen molar-refractivity contribution in [2.75, 3.05) is 31.9 Å². The van der Waals surface area contributed by atoms with Gasteiger partial charge in [0.15, 0.2) is 0 Å². The Bertz CT molecular complexity index is 342. The molecule has 0 radical (unpaired) electrons. The molecule has 0 spiro atoms. The summed E-state index contributed by atoms with van der Waals surface area (Å²) in [7, 11) is 0. The molecule has 2 nitrogen and oxygen atoms in total. The highest BCUT2D eigenvalue weighted by molar-refractivity contribution is 7.99. The number of hydrogen-bond donors (Lipinski definition) is 1. The van der Waals surface area contributed by atoms with Crippen LogP contribution in [-0.4, -0.2) is 36.8 Å². The fourth-order valence-corrected chi connectivity index (χ4v) is 3.14. The number of rotatable bonds is 4. The van der Waals surface area contributed by atoms with Gasteiger partial charge in [0.25, 0.3) is 0 Å². The van der Waals surface area contributed by atoms with E-state index in [1.807, 2.05) is 11.8 Å². The highest BCUT2D eigenvalue weighted by atomic mass is 32.2. The topological polar surface area (TPSA) is 15.3 Å². The van der Waals surface area contributed by atoms with Crippen LogP contribution in [0, 0.1) is 0 Å². The zero-order valence-corrected chi connectivity index (χ0v) is 12.3. The van der Waals surface area contributed by atoms with Crippen molar-refractivity contribution in [1.82, 2.24) is 10.2 Å². The molecule has 1 atom stereocenters. The Hall–Kier alpha value is -0.510. The van der Waals surface area contributed by atoms with Crippen LogP contribution in [0.5, 0.6) is 0 Å². The standard InChI is InChI=1S/C15H24N2S/c1-3-18-15-7-5-14(6-8-15)13(2)17-11-4-9-16-10-12-17/h5-8,13,16H,3-4,9-12H2,1-2H3. The predicted molar refractivity (Wildman–Crippen MR) is 80.3 cm³/mol. The fourth-order valence-electron chi connectivity index (χ4n) is 2.47. The Morgan fingerprint density at radius 3 is 2.72 bits per heavy atom. The van der Waals surface area contributed by atoms with E-state index in [-0.39, 0.29) is 0 Å². The normalized spacial score (nSPS) is 19.4. The van der Waals surface area contributed by atoms with Gasteiger partial charge in [0.05, 0.1) is 0 Å². The first kappa shape index (κ1) is 13.9. The second-order valence-corrected chi connectivity index (χ2v) is 6.15. The molecule has 100 valence electrons. The second-order valence-electron chi connectivity index (χ2n) is 4.82. The molecule has 1 saturated heterocycles. The Morgan fingerprint density at radius 1 is 1.22 bits per heavy atom. The third kappa shape index (κ3) is 3.74. The Morgan fingerprint density at radius 2 is 2.00 bits per heavy atom. The fraction of sp³-hybridized carbons (Fsp3) is 0.600. The molecule has 1 unspecified atom stereocenters. The van der Waals surface area contributed by atoms with Gasteiger partial charge in [0.1, 0.15) is 0 Å². The first-order chi connectivity index (χ1) is 8.81. The van der Waals surface area contributed by atoms with Gasteiger partial charge in [-0.2, -0.15) is 0 Å². The lowest BCUT2D eigenvalue weighted by atomic mass is 10.1. The van der Waals surface area contributed by atoms with Crippen LogP contribution in [0.1, 0.15) is 31.9 Å². The summed E-state index contributed by atoms with van der Waals surface area (Å²) in [6.07, 6.45) is 1.26. The van der Waals surface area contributed by atoms with Gasteiger partial charge in [-0.15, -0.1) is 11.8 Å². The van der Waals surface area contributed by atoms with Crippen LogP contribution in [-0.2, 0) is 0 Å². The van der Waals surface area contributed by atoms with Crippen molar-refractivity contribution in [3.63, 3.8) is 0 Å². The van der Waals surface area contributed by atoms with Crippen LogP contribution in [0.25, 0.3) is 0 Å². The van der Waals surface area contributed by atoms with E-state index in [4.69, 9.17) is 0 Å². The molecule has 0 bridgehead atoms. The van der Waals surface area contributed by atoms with Crippen molar-refractivity contribution in [3.05, 3.63) is 29.8 Å². The summed E-state index contributed by atoms with van der Waals surface area (Å²) >= 11 is 1.91. The largest absolute Gasteiger partial charge is 0.315 e. The molecule has 1 aromatic rings. The van der Waals surface area contributed by atoms with E-state index in [1.165, 1.54) is 23.4 Å². The molecule has 18 heavy (non-hydrogen) atoms. The molecule has 0 aliphatic carbocycles. The molecule has 0 aromatic heterocycles. The van der Waals surface area contributed by atoms with Crippen molar-refractivity contribution in [2.45, 2.75) is 31.2 Å². The summed E-state index contributed by atoms with van der Waals surface area (Å²) in [4.78, 5) is 3.97. The maximum Gasteiger partial charge on any atom is 0.0320 e. The van der Waals surface area contributed by atoms with E-state index >= 15 is 0 Å². The lowest BCUT2D eigenvalue weighted by Gasteiger charge is -2.27. The first-order valence-electron chi connectivity index (χ1n) is 6.99. The van der Waals surface area contributed by atoms with Gasteiger partial charge in [0.2, 0.25) is 0 Å². The first-order valence-corrected chi connectivity index (χ1v) is 7.97. The zero-order valence-electron chi connectivity index (χ0n) is 11.5. The van der Waals surface area contributed by atoms with Crippen LogP contribution < -0.4 is 5.32 Å². The van der Waals surface area contributed by atoms with Crippen molar-refractivity contribution < 1.29 is 0 Å². The van der Waals surface area contributed by atoms with Crippen LogP contribution >= 0.6 is 11.8 Å². The Kier molecular flexibility index (Phi) is 5.54. The summed E-state index contributed by atoms with van der Waals surface area (Å²) in [6, 6.07) is 9.64. The van der Waals surface area contributed by atoms with E-state index in [1.54, 1.807) is 0 Å². The number of nitrogens with zero attached hydrogens (tertiary/aromatic N) is 1. The predicted octanol–water partition coefficient (Wildman–Crippen LogP) is 3.15. The molecule has 1 N–H and O–H groups in total. The van der Waals surface area contributed by atoms with Crippen LogP contribution in [0.3, 0.4) is 0 Å². The third-order valence-electron chi connectivity index (χ3n) is 3.60. The second kappa shape index (κ2) is 7.17. The van der Waals surface area contributed by atoms with Crippen molar-refractivity contribution in [3.8, 4) is 0 Å². The summed E-state index contributed by atoms with van der Waals surface area (Å²) in [5.41, 5.74) is 1.44. The minimum absolute atomic E-state index is 0.533. The number of nitrogens with one attached hydrogen (secondary N) is 1. The van der Waals surface area contributed by atoms with E-state index < -0.39 is 0 Å². The van der Waals surface area contributed by atoms with Crippen LogP contribution in [0.15, 0.2) is 29.2 Å². The average Bonchev–Trinajstić information content (AvgIpc) is 2.68. The van der Waals surface area contributed by atoms with Gasteiger partial charge >= 0.3 is 0 Å². The van der Waals surface area contributed by atoms with E-state index in [9.17, 15) is 0 Å². The summed E-state index contributed by atoms with van der Waals surface area (Å²) < 4.78 is 0. The lowest BCUT2D eigenvalue weighted by Crippen LogP contribution is -2.30. The summed E-state index contributed by atoms with van der Waals surface area (Å²) in [6.45, 7) is 9.17. The molecule has 1 fully saturated rings. The van der Waals surface area contributed by atoms with Crippen LogP contribution in [0.2, 0.25) is 0 Å². The molecular formula is C15H24N2S. The highest BCUT2D eigenvalue weighted by Crippen LogP contribution is 2.24. The molecule has 1 aliphatic heterocycles. The van der Waals surface area contributed by atoms with Gasteiger partial charge in [-0.05, 0) is 49.9 Å². The Labute approximate surface area is 115 Å². The number of thioether (sulfide) groups is 1. The van der Waals surface area contributed by atoms with E-state index in [0.717, 1.165) is 25.4 Å². The van der Waals surface area contributed by atoms with Crippen molar-refractivity contribution in [1.29, 1.82) is 0 Å². The monoisotopic (exact) mass is 264 g/mol. The maximum absolute atomic E-state index is 3.46. The lowest BCUT2D eigenvalue weighted by molar-refractivity contribution is 0.225. The molecule has 0 saturated carbocycles. The van der Waals surface area contributed by atoms with E-state index in [0.29, 0.717) is 6.04 Å². The third-order valence-corrected chi connectivity index (χ3v) is 4.49. The molecule has 0 amide bonds. The van der Waals surface area contributed by atoms with Gasteiger partial charge in [-0.1, -0.05) is 19.1 Å². The number of benzene rings is 1. The van der Waals surface area contributed by atoms with Gasteiger partial charge < -0.3 is 5.32 Å². The average molecular weight is 264 g/mol. The van der Waals surface area contributed by atoms with Crippen LogP contribution in [0.4, 0.5) is 0 Å². The molecule has 1 aromatic carbocycles.